The SMILES string of the molecule is CC1(CN)CNC/C1=N\OCc1ccccc1. The molecule has 0 aliphatic carbocycles. The number of nitrogens with two attached hydrogens (primary N) is 1. The fourth-order valence-corrected chi connectivity index (χ4v) is 1.86. The van der Waals surface area contributed by atoms with E-state index in [1.54, 1.807) is 0 Å². The topological polar surface area (TPSA) is 59.6 Å². The van der Waals surface area contributed by atoms with Crippen LogP contribution in [-0.2, 0) is 11.4 Å². The molecule has 17 heavy (non-hydrogen) atoms. The highest BCUT2D eigenvalue weighted by atomic mass is 16.6. The summed E-state index contributed by atoms with van der Waals surface area (Å²) in [5.41, 5.74) is 7.84. The Morgan fingerprint density at radius 3 is 2.88 bits per heavy atom. The lowest BCUT2D eigenvalue weighted by Gasteiger charge is -2.20. The molecule has 1 aliphatic rings. The molecule has 4 heteroatoms. The molecule has 2 rings (SSSR count). The van der Waals surface area contributed by atoms with Crippen LogP contribution in [0.3, 0.4) is 0 Å². The molecule has 1 aromatic rings. The molecule has 4 nitrogen and oxygen atoms in total. The molecule has 0 amide bonds. The van der Waals surface area contributed by atoms with Gasteiger partial charge in [0.1, 0.15) is 6.61 Å². The van der Waals surface area contributed by atoms with Crippen LogP contribution in [0.1, 0.15) is 12.5 Å². The van der Waals surface area contributed by atoms with Crippen LogP contribution in [0.4, 0.5) is 0 Å². The maximum atomic E-state index is 5.76. The van der Waals surface area contributed by atoms with Crippen LogP contribution in [0.15, 0.2) is 35.5 Å². The van der Waals surface area contributed by atoms with E-state index in [1.807, 2.05) is 30.3 Å². The van der Waals surface area contributed by atoms with Gasteiger partial charge in [-0.1, -0.05) is 42.4 Å². The minimum absolute atomic E-state index is 0.0588. The summed E-state index contributed by atoms with van der Waals surface area (Å²) < 4.78 is 0. The highest BCUT2D eigenvalue weighted by molar-refractivity contribution is 5.93. The average Bonchev–Trinajstić information content (AvgIpc) is 2.73. The highest BCUT2D eigenvalue weighted by Crippen LogP contribution is 2.20. The Balaban J connectivity index is 1.93. The number of hydrogen-bond acceptors (Lipinski definition) is 4. The molecule has 92 valence electrons. The van der Waals surface area contributed by atoms with Gasteiger partial charge < -0.3 is 15.9 Å². The zero-order valence-electron chi connectivity index (χ0n) is 10.1. The van der Waals surface area contributed by atoms with Gasteiger partial charge in [-0.25, -0.2) is 0 Å². The molecule has 0 bridgehead atoms. The van der Waals surface area contributed by atoms with E-state index in [9.17, 15) is 0 Å². The lowest BCUT2D eigenvalue weighted by Crippen LogP contribution is -2.35. The third-order valence-electron chi connectivity index (χ3n) is 3.20. The van der Waals surface area contributed by atoms with E-state index in [0.29, 0.717) is 13.2 Å². The fourth-order valence-electron chi connectivity index (χ4n) is 1.86. The smallest absolute Gasteiger partial charge is 0.142 e. The van der Waals surface area contributed by atoms with Gasteiger partial charge in [0.05, 0.1) is 5.71 Å². The van der Waals surface area contributed by atoms with Crippen molar-refractivity contribution in [3.05, 3.63) is 35.9 Å². The zero-order valence-corrected chi connectivity index (χ0v) is 10.1. The van der Waals surface area contributed by atoms with E-state index in [1.165, 1.54) is 0 Å². The number of benzene rings is 1. The molecule has 1 saturated heterocycles. The lowest BCUT2D eigenvalue weighted by atomic mass is 9.88. The Bertz CT molecular complexity index is 391. The first-order chi connectivity index (χ1) is 8.24. The molecule has 0 radical (unpaired) electrons. The van der Waals surface area contributed by atoms with Crippen LogP contribution >= 0.6 is 0 Å². The van der Waals surface area contributed by atoms with Crippen molar-refractivity contribution in [2.75, 3.05) is 19.6 Å². The van der Waals surface area contributed by atoms with Crippen molar-refractivity contribution in [1.82, 2.24) is 5.32 Å². The molecule has 3 N–H and O–H groups in total. The standard InChI is InChI=1S/C13H19N3O/c1-13(9-14)10-15-7-12(13)16-17-8-11-5-3-2-4-6-11/h2-6,15H,7-10,14H2,1H3/b16-12+. The second-order valence-electron chi connectivity index (χ2n) is 4.67. The summed E-state index contributed by atoms with van der Waals surface area (Å²) in [7, 11) is 0. The first-order valence-corrected chi connectivity index (χ1v) is 5.89. The van der Waals surface area contributed by atoms with Crippen LogP contribution < -0.4 is 11.1 Å². The monoisotopic (exact) mass is 233 g/mol. The summed E-state index contributed by atoms with van der Waals surface area (Å²) in [6, 6.07) is 10.0. The zero-order chi connectivity index (χ0) is 12.1. The van der Waals surface area contributed by atoms with Crippen LogP contribution in [-0.4, -0.2) is 25.3 Å². The Morgan fingerprint density at radius 1 is 1.41 bits per heavy atom. The minimum Gasteiger partial charge on any atom is -0.391 e. The Hall–Kier alpha value is -1.39. The van der Waals surface area contributed by atoms with Gasteiger partial charge in [0.2, 0.25) is 0 Å². The van der Waals surface area contributed by atoms with Crippen molar-refractivity contribution in [3.63, 3.8) is 0 Å². The van der Waals surface area contributed by atoms with E-state index in [4.69, 9.17) is 10.6 Å². The van der Waals surface area contributed by atoms with E-state index in [-0.39, 0.29) is 5.41 Å². The fraction of sp³-hybridized carbons (Fsp3) is 0.462. The van der Waals surface area contributed by atoms with Crippen molar-refractivity contribution in [3.8, 4) is 0 Å². The van der Waals surface area contributed by atoms with E-state index >= 15 is 0 Å². The predicted molar refractivity (Wildman–Crippen MR) is 68.7 cm³/mol. The van der Waals surface area contributed by atoms with Crippen molar-refractivity contribution in [1.29, 1.82) is 0 Å². The quantitative estimate of drug-likeness (QED) is 0.766. The second-order valence-corrected chi connectivity index (χ2v) is 4.67. The average molecular weight is 233 g/mol. The minimum atomic E-state index is -0.0588. The molecule has 1 fully saturated rings. The summed E-state index contributed by atoms with van der Waals surface area (Å²) in [4.78, 5) is 5.39. The summed E-state index contributed by atoms with van der Waals surface area (Å²) in [6.07, 6.45) is 0. The van der Waals surface area contributed by atoms with Gasteiger partial charge in [-0.3, -0.25) is 0 Å². The molecule has 0 saturated carbocycles. The van der Waals surface area contributed by atoms with Crippen molar-refractivity contribution >= 4 is 5.71 Å². The predicted octanol–water partition coefficient (Wildman–Crippen LogP) is 1.13. The highest BCUT2D eigenvalue weighted by Gasteiger charge is 2.34. The van der Waals surface area contributed by atoms with E-state index < -0.39 is 0 Å². The summed E-state index contributed by atoms with van der Waals surface area (Å²) in [5.74, 6) is 0. The number of nitrogens with one attached hydrogen (secondary N) is 1. The van der Waals surface area contributed by atoms with Gasteiger partial charge in [-0.15, -0.1) is 0 Å². The number of rotatable bonds is 4. The Morgan fingerprint density at radius 2 is 2.18 bits per heavy atom. The van der Waals surface area contributed by atoms with E-state index in [0.717, 1.165) is 24.4 Å². The van der Waals surface area contributed by atoms with Crippen LogP contribution in [0.2, 0.25) is 0 Å². The Labute approximate surface area is 102 Å². The third kappa shape index (κ3) is 2.84. The van der Waals surface area contributed by atoms with Gasteiger partial charge in [-0.05, 0) is 5.56 Å². The largest absolute Gasteiger partial charge is 0.391 e. The maximum absolute atomic E-state index is 5.76. The first-order valence-electron chi connectivity index (χ1n) is 5.89. The van der Waals surface area contributed by atoms with Crippen LogP contribution in [0.5, 0.6) is 0 Å². The summed E-state index contributed by atoms with van der Waals surface area (Å²) in [5, 5.41) is 7.49. The van der Waals surface area contributed by atoms with Crippen molar-refractivity contribution in [2.24, 2.45) is 16.3 Å². The molecule has 0 aromatic heterocycles. The van der Waals surface area contributed by atoms with Gasteiger partial charge in [0, 0.05) is 25.0 Å². The second kappa shape index (κ2) is 5.29. The van der Waals surface area contributed by atoms with Gasteiger partial charge in [-0.2, -0.15) is 0 Å². The third-order valence-corrected chi connectivity index (χ3v) is 3.20. The van der Waals surface area contributed by atoms with Gasteiger partial charge in [0.25, 0.3) is 0 Å². The Kier molecular flexibility index (Phi) is 3.76. The lowest BCUT2D eigenvalue weighted by molar-refractivity contribution is 0.128. The maximum Gasteiger partial charge on any atom is 0.142 e. The number of hydrogen-bond donors (Lipinski definition) is 2. The van der Waals surface area contributed by atoms with Gasteiger partial charge >= 0.3 is 0 Å². The first kappa shape index (κ1) is 12.1. The van der Waals surface area contributed by atoms with Gasteiger partial charge in [0.15, 0.2) is 0 Å². The van der Waals surface area contributed by atoms with Crippen LogP contribution in [0.25, 0.3) is 0 Å². The van der Waals surface area contributed by atoms with Crippen molar-refractivity contribution < 1.29 is 4.84 Å². The number of nitrogens with zero attached hydrogens (tertiary/aromatic N) is 1. The molecule has 1 heterocycles. The number of oxime groups is 1. The molecule has 1 unspecified atom stereocenters. The molecular weight excluding hydrogens is 214 g/mol. The molecule has 1 aromatic carbocycles. The molecule has 1 atom stereocenters. The van der Waals surface area contributed by atoms with E-state index in [2.05, 4.69) is 17.4 Å². The molecule has 0 spiro atoms. The molecular formula is C13H19N3O. The molecule has 1 aliphatic heterocycles. The normalized spacial score (nSPS) is 26.4. The summed E-state index contributed by atoms with van der Waals surface area (Å²) in [6.45, 7) is 4.84. The van der Waals surface area contributed by atoms with Crippen LogP contribution in [0, 0.1) is 5.41 Å². The summed E-state index contributed by atoms with van der Waals surface area (Å²) >= 11 is 0. The van der Waals surface area contributed by atoms with Crippen molar-refractivity contribution in [2.45, 2.75) is 13.5 Å².